The molecule has 8 heteroatoms. The molecular formula is C24H21ClN2O5. The van der Waals surface area contributed by atoms with Gasteiger partial charge in [0.25, 0.3) is 11.8 Å². The van der Waals surface area contributed by atoms with Crippen LogP contribution in [-0.2, 0) is 4.79 Å². The van der Waals surface area contributed by atoms with Crippen LogP contribution >= 0.6 is 11.6 Å². The second-order valence-corrected chi connectivity index (χ2v) is 7.48. The fourth-order valence-electron chi connectivity index (χ4n) is 2.91. The number of halogens is 1. The number of hydrogen-bond acceptors (Lipinski definition) is 4. The molecule has 2 amide bonds. The zero-order valence-electron chi connectivity index (χ0n) is 17.4. The number of carbonyl (C=O) groups is 3. The Hall–Kier alpha value is -3.84. The van der Waals surface area contributed by atoms with Crippen molar-refractivity contribution in [2.75, 3.05) is 10.6 Å². The fraction of sp³-hybridized carbons (Fsp3) is 0.125. The molecule has 0 saturated carbocycles. The molecule has 0 saturated heterocycles. The Morgan fingerprint density at radius 3 is 2.31 bits per heavy atom. The number of aryl methyl sites for hydroxylation is 1. The molecule has 0 unspecified atom stereocenters. The Labute approximate surface area is 190 Å². The number of ether oxygens (including phenoxy) is 1. The highest BCUT2D eigenvalue weighted by Crippen LogP contribution is 2.23. The van der Waals surface area contributed by atoms with E-state index in [-0.39, 0.29) is 17.2 Å². The molecular weight excluding hydrogens is 432 g/mol. The molecule has 0 aliphatic rings. The lowest BCUT2D eigenvalue weighted by Gasteiger charge is -2.16. The number of rotatable bonds is 7. The summed E-state index contributed by atoms with van der Waals surface area (Å²) in [5, 5.41) is 15.1. The summed E-state index contributed by atoms with van der Waals surface area (Å²) >= 11 is 5.94. The second-order valence-electron chi connectivity index (χ2n) is 7.04. The lowest BCUT2D eigenvalue weighted by Crippen LogP contribution is -2.30. The number of anilines is 2. The molecule has 3 N–H and O–H groups in total. The minimum Gasteiger partial charge on any atom is -0.481 e. The first-order valence-electron chi connectivity index (χ1n) is 9.72. The van der Waals surface area contributed by atoms with Gasteiger partial charge in [0.1, 0.15) is 5.75 Å². The van der Waals surface area contributed by atoms with E-state index < -0.39 is 18.0 Å². The van der Waals surface area contributed by atoms with Gasteiger partial charge in [-0.2, -0.15) is 0 Å². The van der Waals surface area contributed by atoms with Crippen molar-refractivity contribution in [3.05, 3.63) is 88.4 Å². The molecule has 3 aromatic rings. The minimum absolute atomic E-state index is 0.00496. The Morgan fingerprint density at radius 2 is 1.66 bits per heavy atom. The van der Waals surface area contributed by atoms with Gasteiger partial charge < -0.3 is 20.5 Å². The number of para-hydroxylation sites is 1. The molecule has 0 bridgehead atoms. The van der Waals surface area contributed by atoms with Gasteiger partial charge in [-0.1, -0.05) is 23.7 Å². The Balaban J connectivity index is 1.62. The van der Waals surface area contributed by atoms with Crippen LogP contribution in [0.4, 0.5) is 11.4 Å². The predicted molar refractivity (Wildman–Crippen MR) is 123 cm³/mol. The Bertz CT molecular complexity index is 1160. The summed E-state index contributed by atoms with van der Waals surface area (Å²) in [7, 11) is 0. The molecule has 7 nitrogen and oxygen atoms in total. The van der Waals surface area contributed by atoms with Crippen molar-refractivity contribution in [3.63, 3.8) is 0 Å². The third-order valence-corrected chi connectivity index (χ3v) is 4.87. The predicted octanol–water partition coefficient (Wildman–Crippen LogP) is 5.00. The van der Waals surface area contributed by atoms with Crippen LogP contribution < -0.4 is 15.4 Å². The highest BCUT2D eigenvalue weighted by molar-refractivity contribution is 6.30. The van der Waals surface area contributed by atoms with Crippen molar-refractivity contribution in [2.45, 2.75) is 20.0 Å². The molecule has 0 heterocycles. The maximum atomic E-state index is 12.5. The third-order valence-electron chi connectivity index (χ3n) is 4.63. The molecule has 0 fully saturated rings. The number of carbonyl (C=O) groups excluding carboxylic acids is 2. The van der Waals surface area contributed by atoms with Crippen molar-refractivity contribution < 1.29 is 24.2 Å². The van der Waals surface area contributed by atoms with Gasteiger partial charge in [0.05, 0.1) is 11.3 Å². The van der Waals surface area contributed by atoms with Gasteiger partial charge in [-0.15, -0.1) is 0 Å². The van der Waals surface area contributed by atoms with E-state index in [1.165, 1.54) is 24.3 Å². The maximum absolute atomic E-state index is 12.5. The monoisotopic (exact) mass is 452 g/mol. The van der Waals surface area contributed by atoms with Crippen LogP contribution in [0, 0.1) is 6.92 Å². The summed E-state index contributed by atoms with van der Waals surface area (Å²) in [5.41, 5.74) is 1.81. The normalized spacial score (nSPS) is 11.3. The maximum Gasteiger partial charge on any atom is 0.337 e. The topological polar surface area (TPSA) is 105 Å². The summed E-state index contributed by atoms with van der Waals surface area (Å²) in [4.78, 5) is 36.2. The minimum atomic E-state index is -1.14. The second kappa shape index (κ2) is 9.98. The van der Waals surface area contributed by atoms with Crippen molar-refractivity contribution in [3.8, 4) is 5.75 Å². The van der Waals surface area contributed by atoms with E-state index in [0.29, 0.717) is 22.0 Å². The van der Waals surface area contributed by atoms with Gasteiger partial charge >= 0.3 is 5.97 Å². The molecule has 0 spiro atoms. The largest absolute Gasteiger partial charge is 0.481 e. The van der Waals surface area contributed by atoms with E-state index in [0.717, 1.165) is 5.56 Å². The molecule has 164 valence electrons. The average Bonchev–Trinajstić information content (AvgIpc) is 2.76. The molecule has 0 aliphatic carbocycles. The molecule has 32 heavy (non-hydrogen) atoms. The highest BCUT2D eigenvalue weighted by Gasteiger charge is 2.17. The van der Waals surface area contributed by atoms with Gasteiger partial charge in [-0.05, 0) is 74.0 Å². The van der Waals surface area contributed by atoms with Gasteiger partial charge in [-0.25, -0.2) is 4.79 Å². The molecule has 0 aliphatic heterocycles. The Morgan fingerprint density at radius 1 is 0.969 bits per heavy atom. The average molecular weight is 453 g/mol. The van der Waals surface area contributed by atoms with E-state index in [1.54, 1.807) is 49.4 Å². The van der Waals surface area contributed by atoms with Crippen LogP contribution in [0.5, 0.6) is 5.75 Å². The quantitative estimate of drug-likeness (QED) is 0.467. The van der Waals surface area contributed by atoms with Crippen LogP contribution in [0.2, 0.25) is 5.02 Å². The van der Waals surface area contributed by atoms with Crippen LogP contribution in [0.15, 0.2) is 66.7 Å². The first-order chi connectivity index (χ1) is 15.2. The lowest BCUT2D eigenvalue weighted by atomic mass is 10.1. The van der Waals surface area contributed by atoms with Crippen LogP contribution in [0.25, 0.3) is 0 Å². The number of aromatic carboxylic acids is 1. The molecule has 3 aromatic carbocycles. The third kappa shape index (κ3) is 5.65. The SMILES string of the molecule is Cc1cc(Cl)ccc1O[C@@H](C)C(=O)Nc1ccc(C(=O)Nc2ccccc2C(=O)O)cc1. The number of amides is 2. The van der Waals surface area contributed by atoms with E-state index in [9.17, 15) is 19.5 Å². The zero-order valence-corrected chi connectivity index (χ0v) is 18.1. The van der Waals surface area contributed by atoms with Crippen LogP contribution in [-0.4, -0.2) is 29.0 Å². The van der Waals surface area contributed by atoms with Gasteiger partial charge in [0.15, 0.2) is 6.10 Å². The van der Waals surface area contributed by atoms with Crippen LogP contribution in [0.3, 0.4) is 0 Å². The van der Waals surface area contributed by atoms with Crippen molar-refractivity contribution >= 4 is 40.8 Å². The first kappa shape index (κ1) is 22.8. The summed E-state index contributed by atoms with van der Waals surface area (Å²) < 4.78 is 5.71. The Kier molecular flexibility index (Phi) is 7.12. The van der Waals surface area contributed by atoms with Gasteiger partial charge in [0.2, 0.25) is 0 Å². The lowest BCUT2D eigenvalue weighted by molar-refractivity contribution is -0.122. The number of hydrogen-bond donors (Lipinski definition) is 3. The number of benzene rings is 3. The van der Waals surface area contributed by atoms with E-state index in [1.807, 2.05) is 6.92 Å². The van der Waals surface area contributed by atoms with Crippen molar-refractivity contribution in [2.24, 2.45) is 0 Å². The van der Waals surface area contributed by atoms with Crippen LogP contribution in [0.1, 0.15) is 33.2 Å². The zero-order chi connectivity index (χ0) is 23.3. The highest BCUT2D eigenvalue weighted by atomic mass is 35.5. The number of carboxylic acid groups (broad SMARTS) is 1. The molecule has 0 radical (unpaired) electrons. The summed E-state index contributed by atoms with van der Waals surface area (Å²) in [6.07, 6.45) is -0.759. The summed E-state index contributed by atoms with van der Waals surface area (Å²) in [6, 6.07) is 17.5. The smallest absolute Gasteiger partial charge is 0.337 e. The molecule has 1 atom stereocenters. The van der Waals surface area contributed by atoms with E-state index in [2.05, 4.69) is 10.6 Å². The number of nitrogens with one attached hydrogen (secondary N) is 2. The van der Waals surface area contributed by atoms with Gasteiger partial charge in [-0.3, -0.25) is 9.59 Å². The molecule has 3 rings (SSSR count). The van der Waals surface area contributed by atoms with Crippen molar-refractivity contribution in [1.29, 1.82) is 0 Å². The fourth-order valence-corrected chi connectivity index (χ4v) is 3.14. The summed E-state index contributed by atoms with van der Waals surface area (Å²) in [6.45, 7) is 3.47. The van der Waals surface area contributed by atoms with Gasteiger partial charge in [0, 0.05) is 16.3 Å². The van der Waals surface area contributed by atoms with E-state index >= 15 is 0 Å². The standard InChI is InChI=1S/C24H21ClN2O5/c1-14-13-17(25)9-12-21(14)32-15(2)22(28)26-18-10-7-16(8-11-18)23(29)27-20-6-4-3-5-19(20)24(30)31/h3-13,15H,1-2H3,(H,26,28)(H,27,29)(H,30,31)/t15-/m0/s1. The van der Waals surface area contributed by atoms with Crippen molar-refractivity contribution in [1.82, 2.24) is 0 Å². The first-order valence-corrected chi connectivity index (χ1v) is 10.1. The summed E-state index contributed by atoms with van der Waals surface area (Å²) in [5.74, 6) is -1.40. The number of carboxylic acids is 1. The molecule has 0 aromatic heterocycles. The van der Waals surface area contributed by atoms with E-state index in [4.69, 9.17) is 16.3 Å².